The number of hydrogen-bond donors (Lipinski definition) is 1. The van der Waals surface area contributed by atoms with Crippen molar-refractivity contribution in [2.75, 3.05) is 13.7 Å². The van der Waals surface area contributed by atoms with Crippen molar-refractivity contribution in [2.24, 2.45) is 0 Å². The first-order valence-corrected chi connectivity index (χ1v) is 8.29. The van der Waals surface area contributed by atoms with Gasteiger partial charge in [-0.25, -0.2) is 4.79 Å². The second kappa shape index (κ2) is 9.85. The zero-order chi connectivity index (χ0) is 18.0. The molecule has 0 atom stereocenters. The first-order valence-electron chi connectivity index (χ1n) is 8.29. The molecule has 5 nitrogen and oxygen atoms in total. The Morgan fingerprint density at radius 1 is 1.25 bits per heavy atom. The molecule has 0 unspecified atom stereocenters. The van der Waals surface area contributed by atoms with Crippen molar-refractivity contribution in [1.82, 2.24) is 0 Å². The zero-order valence-corrected chi connectivity index (χ0v) is 15.0. The van der Waals surface area contributed by atoms with Crippen LogP contribution >= 0.6 is 0 Å². The topological polar surface area (TPSA) is 65.0 Å². The summed E-state index contributed by atoms with van der Waals surface area (Å²) in [5.74, 6) is 0.0670. The number of aromatic hydroxyl groups is 1. The van der Waals surface area contributed by atoms with Gasteiger partial charge < -0.3 is 19.3 Å². The Bertz CT molecular complexity index is 549. The number of phenols is 1. The summed E-state index contributed by atoms with van der Waals surface area (Å²) in [4.78, 5) is 12.1. The second-order valence-electron chi connectivity index (χ2n) is 6.06. The average molecular weight is 336 g/mol. The van der Waals surface area contributed by atoms with Crippen LogP contribution in [0.15, 0.2) is 24.5 Å². The van der Waals surface area contributed by atoms with Gasteiger partial charge >= 0.3 is 5.97 Å². The molecule has 0 saturated carbocycles. The van der Waals surface area contributed by atoms with Gasteiger partial charge in [0.25, 0.3) is 0 Å². The minimum atomic E-state index is -1.05. The Hall–Kier alpha value is -2.17. The maximum Gasteiger partial charge on any atom is 0.349 e. The van der Waals surface area contributed by atoms with Crippen LogP contribution in [0, 0.1) is 0 Å². The molecular weight excluding hydrogens is 308 g/mol. The fraction of sp³-hybridized carbons (Fsp3) is 0.526. The Morgan fingerprint density at radius 2 is 2.00 bits per heavy atom. The highest BCUT2D eigenvalue weighted by Gasteiger charge is 2.30. The molecule has 0 aromatic heterocycles. The molecule has 0 aliphatic rings. The van der Waals surface area contributed by atoms with Gasteiger partial charge in [0.2, 0.25) is 0 Å². The maximum absolute atomic E-state index is 12.1. The molecular formula is C19H28O5. The minimum Gasteiger partial charge on any atom is -0.504 e. The van der Waals surface area contributed by atoms with Gasteiger partial charge in [0.1, 0.15) is 0 Å². The molecule has 0 bridgehead atoms. The highest BCUT2D eigenvalue weighted by molar-refractivity contribution is 5.78. The summed E-state index contributed by atoms with van der Waals surface area (Å²) in [5, 5.41) is 9.56. The van der Waals surface area contributed by atoms with Crippen molar-refractivity contribution >= 4 is 12.0 Å². The second-order valence-corrected chi connectivity index (χ2v) is 6.06. The molecule has 0 aliphatic heterocycles. The van der Waals surface area contributed by atoms with Crippen LogP contribution < -0.4 is 4.74 Å². The smallest absolute Gasteiger partial charge is 0.349 e. The summed E-state index contributed by atoms with van der Waals surface area (Å²) in [7, 11) is 1.48. The van der Waals surface area contributed by atoms with E-state index in [9.17, 15) is 9.90 Å². The Morgan fingerprint density at radius 3 is 2.67 bits per heavy atom. The lowest BCUT2D eigenvalue weighted by molar-refractivity contribution is -0.162. The molecule has 0 saturated heterocycles. The van der Waals surface area contributed by atoms with Crippen LogP contribution in [-0.2, 0) is 14.3 Å². The monoisotopic (exact) mass is 336 g/mol. The van der Waals surface area contributed by atoms with E-state index in [1.807, 2.05) is 0 Å². The third-order valence-corrected chi connectivity index (χ3v) is 3.55. The van der Waals surface area contributed by atoms with Crippen LogP contribution in [0.5, 0.6) is 11.5 Å². The number of carbonyl (C=O) groups excluding carboxylic acids is 1. The van der Waals surface area contributed by atoms with Crippen LogP contribution in [0.1, 0.15) is 52.0 Å². The predicted molar refractivity (Wildman–Crippen MR) is 94.0 cm³/mol. The molecule has 1 aromatic carbocycles. The molecule has 0 aliphatic carbocycles. The van der Waals surface area contributed by atoms with E-state index in [0.717, 1.165) is 31.2 Å². The van der Waals surface area contributed by atoms with Crippen molar-refractivity contribution in [3.8, 4) is 11.5 Å². The summed E-state index contributed by atoms with van der Waals surface area (Å²) < 4.78 is 15.8. The molecule has 5 heteroatoms. The van der Waals surface area contributed by atoms with Crippen molar-refractivity contribution in [3.05, 3.63) is 30.0 Å². The van der Waals surface area contributed by atoms with Crippen LogP contribution in [0.25, 0.3) is 6.08 Å². The number of unbranched alkanes of at least 4 members (excludes halogenated alkanes) is 3. The van der Waals surface area contributed by atoms with Gasteiger partial charge in [0.05, 0.1) is 20.0 Å². The Labute approximate surface area is 144 Å². The molecule has 24 heavy (non-hydrogen) atoms. The number of hydrogen-bond acceptors (Lipinski definition) is 5. The number of phenolic OH excluding ortho intramolecular Hbond substituents is 1. The highest BCUT2D eigenvalue weighted by atomic mass is 16.6. The molecule has 1 rings (SSSR count). The van der Waals surface area contributed by atoms with Gasteiger partial charge in [-0.15, -0.1) is 0 Å². The van der Waals surface area contributed by atoms with E-state index < -0.39 is 5.60 Å². The number of rotatable bonds is 10. The normalized spacial score (nSPS) is 11.5. The van der Waals surface area contributed by atoms with E-state index in [1.165, 1.54) is 19.4 Å². The van der Waals surface area contributed by atoms with Crippen LogP contribution in [0.3, 0.4) is 0 Å². The van der Waals surface area contributed by atoms with Gasteiger partial charge in [-0.1, -0.05) is 32.3 Å². The number of carbonyl (C=O) groups is 1. The van der Waals surface area contributed by atoms with Crippen LogP contribution in [0.4, 0.5) is 0 Å². The van der Waals surface area contributed by atoms with E-state index in [4.69, 9.17) is 14.2 Å². The highest BCUT2D eigenvalue weighted by Crippen LogP contribution is 2.27. The van der Waals surface area contributed by atoms with Crippen LogP contribution in [0.2, 0.25) is 0 Å². The van der Waals surface area contributed by atoms with Gasteiger partial charge in [0.15, 0.2) is 17.1 Å². The first-order chi connectivity index (χ1) is 11.4. The third kappa shape index (κ3) is 6.52. The number of methoxy groups -OCH3 is 1. The Kier molecular flexibility index (Phi) is 8.16. The van der Waals surface area contributed by atoms with E-state index >= 15 is 0 Å². The number of benzene rings is 1. The maximum atomic E-state index is 12.1. The van der Waals surface area contributed by atoms with Crippen molar-refractivity contribution in [2.45, 2.75) is 52.1 Å². The van der Waals surface area contributed by atoms with Crippen molar-refractivity contribution in [1.29, 1.82) is 0 Å². The summed E-state index contributed by atoms with van der Waals surface area (Å²) in [6.07, 6.45) is 7.38. The largest absolute Gasteiger partial charge is 0.504 e. The van der Waals surface area contributed by atoms with Crippen molar-refractivity contribution < 1.29 is 24.1 Å². The lowest BCUT2D eigenvalue weighted by atomic mass is 10.1. The first kappa shape index (κ1) is 19.9. The van der Waals surface area contributed by atoms with Gasteiger partial charge in [0, 0.05) is 0 Å². The standard InChI is InChI=1S/C19H28O5/c1-5-6-7-8-12-23-18(21)19(2,3)24-13-11-15-9-10-16(20)17(14-15)22-4/h9-11,13-14,20H,5-8,12H2,1-4H3. The summed E-state index contributed by atoms with van der Waals surface area (Å²) in [6, 6.07) is 4.93. The van der Waals surface area contributed by atoms with E-state index in [2.05, 4.69) is 6.92 Å². The lowest BCUT2D eigenvalue weighted by Gasteiger charge is -2.22. The van der Waals surface area contributed by atoms with Gasteiger partial charge in [-0.3, -0.25) is 0 Å². The predicted octanol–water partition coefficient (Wildman–Crippen LogP) is 4.29. The number of ether oxygens (including phenoxy) is 3. The van der Waals surface area contributed by atoms with E-state index in [0.29, 0.717) is 12.4 Å². The molecule has 0 amide bonds. The molecule has 0 spiro atoms. The van der Waals surface area contributed by atoms with E-state index in [-0.39, 0.29) is 11.7 Å². The fourth-order valence-electron chi connectivity index (χ4n) is 2.00. The average Bonchev–Trinajstić information content (AvgIpc) is 2.55. The third-order valence-electron chi connectivity index (χ3n) is 3.55. The summed E-state index contributed by atoms with van der Waals surface area (Å²) >= 11 is 0. The fourth-order valence-corrected chi connectivity index (χ4v) is 2.00. The summed E-state index contributed by atoms with van der Waals surface area (Å²) in [6.45, 7) is 5.90. The quantitative estimate of drug-likeness (QED) is 0.392. The molecule has 134 valence electrons. The molecule has 0 radical (unpaired) electrons. The van der Waals surface area contributed by atoms with Crippen molar-refractivity contribution in [3.63, 3.8) is 0 Å². The number of esters is 1. The minimum absolute atomic E-state index is 0.0718. The van der Waals surface area contributed by atoms with Crippen LogP contribution in [-0.4, -0.2) is 30.4 Å². The van der Waals surface area contributed by atoms with E-state index in [1.54, 1.807) is 32.1 Å². The zero-order valence-electron chi connectivity index (χ0n) is 15.0. The SMILES string of the molecule is CCCCCCOC(=O)C(C)(C)OC=Cc1ccc(O)c(OC)c1. The van der Waals surface area contributed by atoms with Gasteiger partial charge in [-0.05, 0) is 44.0 Å². The lowest BCUT2D eigenvalue weighted by Crippen LogP contribution is -2.35. The molecule has 0 heterocycles. The molecule has 1 aromatic rings. The Balaban J connectivity index is 2.50. The van der Waals surface area contributed by atoms with Gasteiger partial charge in [-0.2, -0.15) is 0 Å². The molecule has 1 N–H and O–H groups in total. The summed E-state index contributed by atoms with van der Waals surface area (Å²) in [5.41, 5.74) is -0.268. The molecule has 0 fully saturated rings.